The molecule has 0 unspecified atom stereocenters. The molecule has 0 saturated carbocycles. The maximum Gasteiger partial charge on any atom is 0.216 e. The zero-order chi connectivity index (χ0) is 8.81. The Morgan fingerprint density at radius 1 is 1.67 bits per heavy atom. The fourth-order valence-electron chi connectivity index (χ4n) is 0.803. The summed E-state index contributed by atoms with van der Waals surface area (Å²) in [5.41, 5.74) is 0. The third kappa shape index (κ3) is 2.30. The van der Waals surface area contributed by atoms with E-state index in [0.717, 1.165) is 6.29 Å². The second kappa shape index (κ2) is 4.43. The summed E-state index contributed by atoms with van der Waals surface area (Å²) in [6, 6.07) is 1.67. The fraction of sp³-hybridized carbons (Fsp3) is 0.375. The highest BCUT2D eigenvalue weighted by atomic mass is 16.5. The van der Waals surface area contributed by atoms with Gasteiger partial charge in [-0.3, -0.25) is 0 Å². The molecule has 0 aliphatic heterocycles. The van der Waals surface area contributed by atoms with Gasteiger partial charge in [-0.1, -0.05) is 0 Å². The van der Waals surface area contributed by atoms with Crippen LogP contribution in [-0.2, 0) is 11.2 Å². The Morgan fingerprint density at radius 3 is 3.17 bits per heavy atom. The minimum Gasteiger partial charge on any atom is -0.481 e. The van der Waals surface area contributed by atoms with Gasteiger partial charge in [0.2, 0.25) is 5.88 Å². The summed E-state index contributed by atoms with van der Waals surface area (Å²) in [4.78, 5) is 18.1. The Hall–Kier alpha value is -1.45. The predicted octanol–water partition coefficient (Wildman–Crippen LogP) is 0.617. The lowest BCUT2D eigenvalue weighted by Gasteiger charge is -1.99. The molecule has 0 aliphatic rings. The van der Waals surface area contributed by atoms with Gasteiger partial charge in [-0.25, -0.2) is 4.98 Å². The molecule has 4 nitrogen and oxygen atoms in total. The van der Waals surface area contributed by atoms with E-state index in [0.29, 0.717) is 24.5 Å². The summed E-state index contributed by atoms with van der Waals surface area (Å²) in [5, 5.41) is 0. The Labute approximate surface area is 70.6 Å². The van der Waals surface area contributed by atoms with Crippen molar-refractivity contribution in [2.45, 2.75) is 12.8 Å². The number of ether oxygens (including phenoxy) is 1. The van der Waals surface area contributed by atoms with E-state index in [1.807, 2.05) is 0 Å². The number of rotatable bonds is 4. The van der Waals surface area contributed by atoms with Crippen molar-refractivity contribution in [2.75, 3.05) is 7.11 Å². The maximum atomic E-state index is 10.0. The van der Waals surface area contributed by atoms with Crippen LogP contribution in [0, 0.1) is 0 Å². The Balaban J connectivity index is 2.65. The lowest BCUT2D eigenvalue weighted by Crippen LogP contribution is -1.97. The van der Waals surface area contributed by atoms with Crippen LogP contribution in [0.1, 0.15) is 12.2 Å². The fourth-order valence-corrected chi connectivity index (χ4v) is 0.803. The first-order valence-electron chi connectivity index (χ1n) is 3.66. The largest absolute Gasteiger partial charge is 0.481 e. The van der Waals surface area contributed by atoms with Gasteiger partial charge in [-0.2, -0.15) is 4.98 Å². The van der Waals surface area contributed by atoms with Crippen molar-refractivity contribution < 1.29 is 9.53 Å². The van der Waals surface area contributed by atoms with Crippen molar-refractivity contribution in [3.05, 3.63) is 18.1 Å². The van der Waals surface area contributed by atoms with Crippen LogP contribution in [0.15, 0.2) is 12.3 Å². The number of aldehydes is 1. The molecule has 0 spiro atoms. The molecule has 1 rings (SSSR count). The first kappa shape index (κ1) is 8.64. The highest BCUT2D eigenvalue weighted by molar-refractivity contribution is 5.49. The number of aryl methyl sites for hydroxylation is 1. The molecule has 1 heterocycles. The van der Waals surface area contributed by atoms with Crippen molar-refractivity contribution in [1.82, 2.24) is 9.97 Å². The van der Waals surface area contributed by atoms with E-state index in [-0.39, 0.29) is 0 Å². The Kier molecular flexibility index (Phi) is 3.19. The monoisotopic (exact) mass is 166 g/mol. The van der Waals surface area contributed by atoms with Gasteiger partial charge in [0, 0.05) is 25.1 Å². The van der Waals surface area contributed by atoms with Crippen molar-refractivity contribution in [3.63, 3.8) is 0 Å². The third-order valence-corrected chi connectivity index (χ3v) is 1.37. The molecule has 0 radical (unpaired) electrons. The number of aromatic nitrogens is 2. The van der Waals surface area contributed by atoms with Crippen molar-refractivity contribution in [2.24, 2.45) is 0 Å². The molecule has 0 saturated heterocycles. The van der Waals surface area contributed by atoms with Crippen LogP contribution >= 0.6 is 0 Å². The minimum atomic E-state index is 0.452. The Bertz CT molecular complexity index is 263. The van der Waals surface area contributed by atoms with Gasteiger partial charge in [0.25, 0.3) is 0 Å². The molecule has 1 aromatic rings. The molecular weight excluding hydrogens is 156 g/mol. The number of methoxy groups -OCH3 is 1. The molecule has 0 aliphatic carbocycles. The summed E-state index contributed by atoms with van der Waals surface area (Å²) in [6.07, 6.45) is 3.49. The molecule has 0 fully saturated rings. The van der Waals surface area contributed by atoms with Gasteiger partial charge < -0.3 is 9.53 Å². The maximum absolute atomic E-state index is 10.0. The standard InChI is InChI=1S/C8H10N2O2/c1-12-8-4-5-9-7(10-8)3-2-6-11/h4-6H,2-3H2,1H3. The average molecular weight is 166 g/mol. The quantitative estimate of drug-likeness (QED) is 0.615. The average Bonchev–Trinajstić information content (AvgIpc) is 2.15. The summed E-state index contributed by atoms with van der Waals surface area (Å²) < 4.78 is 4.90. The molecule has 1 aromatic heterocycles. The zero-order valence-corrected chi connectivity index (χ0v) is 6.86. The van der Waals surface area contributed by atoms with Crippen LogP contribution < -0.4 is 4.74 Å². The molecule has 0 N–H and O–H groups in total. The second-order valence-corrected chi connectivity index (χ2v) is 2.22. The predicted molar refractivity (Wildman–Crippen MR) is 43.0 cm³/mol. The Morgan fingerprint density at radius 2 is 2.50 bits per heavy atom. The molecule has 12 heavy (non-hydrogen) atoms. The van der Waals surface area contributed by atoms with E-state index in [9.17, 15) is 4.79 Å². The van der Waals surface area contributed by atoms with Crippen LogP contribution in [0.5, 0.6) is 5.88 Å². The van der Waals surface area contributed by atoms with Crippen molar-refractivity contribution in [3.8, 4) is 5.88 Å². The number of hydrogen-bond acceptors (Lipinski definition) is 4. The topological polar surface area (TPSA) is 52.1 Å². The van der Waals surface area contributed by atoms with Crippen LogP contribution in [0.25, 0.3) is 0 Å². The van der Waals surface area contributed by atoms with E-state index in [2.05, 4.69) is 9.97 Å². The first-order chi connectivity index (χ1) is 5.86. The van der Waals surface area contributed by atoms with Crippen LogP contribution in [0.3, 0.4) is 0 Å². The molecule has 64 valence electrons. The van der Waals surface area contributed by atoms with Crippen LogP contribution in [0.4, 0.5) is 0 Å². The van der Waals surface area contributed by atoms with E-state index >= 15 is 0 Å². The molecule has 4 heteroatoms. The number of nitrogens with zero attached hydrogens (tertiary/aromatic N) is 2. The van der Waals surface area contributed by atoms with Gasteiger partial charge in [-0.15, -0.1) is 0 Å². The van der Waals surface area contributed by atoms with E-state index in [4.69, 9.17) is 4.74 Å². The van der Waals surface area contributed by atoms with Crippen molar-refractivity contribution in [1.29, 1.82) is 0 Å². The second-order valence-electron chi connectivity index (χ2n) is 2.22. The van der Waals surface area contributed by atoms with Crippen LogP contribution in [0.2, 0.25) is 0 Å². The highest BCUT2D eigenvalue weighted by Crippen LogP contribution is 2.04. The summed E-state index contributed by atoms with van der Waals surface area (Å²) in [6.45, 7) is 0. The van der Waals surface area contributed by atoms with Crippen molar-refractivity contribution >= 4 is 6.29 Å². The van der Waals surface area contributed by atoms with E-state index in [1.165, 1.54) is 0 Å². The lowest BCUT2D eigenvalue weighted by molar-refractivity contribution is -0.107. The SMILES string of the molecule is COc1ccnc(CCC=O)n1. The van der Waals surface area contributed by atoms with Gasteiger partial charge in [0.1, 0.15) is 12.1 Å². The highest BCUT2D eigenvalue weighted by Gasteiger charge is 1.97. The van der Waals surface area contributed by atoms with E-state index < -0.39 is 0 Å². The number of carbonyl (C=O) groups is 1. The first-order valence-corrected chi connectivity index (χ1v) is 3.66. The molecular formula is C8H10N2O2. The molecule has 0 amide bonds. The molecule has 0 aromatic carbocycles. The molecule has 0 bridgehead atoms. The van der Waals surface area contributed by atoms with Gasteiger partial charge in [-0.05, 0) is 0 Å². The van der Waals surface area contributed by atoms with Gasteiger partial charge in [0.05, 0.1) is 7.11 Å². The normalized spacial score (nSPS) is 9.42. The summed E-state index contributed by atoms with van der Waals surface area (Å²) >= 11 is 0. The van der Waals surface area contributed by atoms with Crippen LogP contribution in [-0.4, -0.2) is 23.4 Å². The minimum absolute atomic E-state index is 0.452. The number of carbonyl (C=O) groups excluding carboxylic acids is 1. The summed E-state index contributed by atoms with van der Waals surface area (Å²) in [7, 11) is 1.55. The van der Waals surface area contributed by atoms with Gasteiger partial charge in [0.15, 0.2) is 0 Å². The lowest BCUT2D eigenvalue weighted by atomic mass is 10.3. The smallest absolute Gasteiger partial charge is 0.216 e. The third-order valence-electron chi connectivity index (χ3n) is 1.37. The summed E-state index contributed by atoms with van der Waals surface area (Å²) in [5.74, 6) is 1.17. The van der Waals surface area contributed by atoms with E-state index in [1.54, 1.807) is 19.4 Å². The number of hydrogen-bond donors (Lipinski definition) is 0. The van der Waals surface area contributed by atoms with Gasteiger partial charge >= 0.3 is 0 Å². The zero-order valence-electron chi connectivity index (χ0n) is 6.86. The molecule has 0 atom stereocenters.